The van der Waals surface area contributed by atoms with E-state index in [-0.39, 0.29) is 30.9 Å². The maximum Gasteiger partial charge on any atom is 0.329 e. The number of nitrogens with zero attached hydrogens (tertiary/aromatic N) is 1. The molecule has 2 amide bonds. The van der Waals surface area contributed by atoms with Gasteiger partial charge in [-0.15, -0.1) is 0 Å². The van der Waals surface area contributed by atoms with Crippen molar-refractivity contribution in [1.29, 1.82) is 0 Å². The van der Waals surface area contributed by atoms with Crippen LogP contribution in [0.3, 0.4) is 0 Å². The SMILES string of the molecule is CCOC(=O)C(C)N1C(=O)CC(Cc2ccc(O)cc2O)C1=O. The third-order valence-corrected chi connectivity index (χ3v) is 3.83. The molecule has 2 atom stereocenters. The Morgan fingerprint density at radius 2 is 2.09 bits per heavy atom. The summed E-state index contributed by atoms with van der Waals surface area (Å²) in [5, 5.41) is 19.1. The molecule has 2 unspecified atom stereocenters. The number of carbonyl (C=O) groups is 3. The van der Waals surface area contributed by atoms with Crippen molar-refractivity contribution in [1.82, 2.24) is 4.90 Å². The smallest absolute Gasteiger partial charge is 0.329 e. The van der Waals surface area contributed by atoms with Crippen LogP contribution in [0.15, 0.2) is 18.2 Å². The Morgan fingerprint density at radius 3 is 2.70 bits per heavy atom. The van der Waals surface area contributed by atoms with Gasteiger partial charge >= 0.3 is 5.97 Å². The molecule has 2 N–H and O–H groups in total. The fourth-order valence-electron chi connectivity index (χ4n) is 2.64. The summed E-state index contributed by atoms with van der Waals surface area (Å²) in [5.74, 6) is -2.38. The van der Waals surface area contributed by atoms with Gasteiger partial charge in [0.2, 0.25) is 11.8 Å². The number of hydrogen-bond acceptors (Lipinski definition) is 6. The number of phenols is 2. The topological polar surface area (TPSA) is 104 Å². The van der Waals surface area contributed by atoms with Crippen LogP contribution < -0.4 is 0 Å². The summed E-state index contributed by atoms with van der Waals surface area (Å²) >= 11 is 0. The summed E-state index contributed by atoms with van der Waals surface area (Å²) < 4.78 is 4.85. The minimum absolute atomic E-state index is 0.0249. The van der Waals surface area contributed by atoms with E-state index in [0.717, 1.165) is 4.90 Å². The normalized spacial score (nSPS) is 19.0. The number of ether oxygens (including phenoxy) is 1. The molecule has 1 saturated heterocycles. The molecule has 1 aromatic carbocycles. The first-order valence-corrected chi connectivity index (χ1v) is 7.38. The zero-order chi connectivity index (χ0) is 17.1. The Kier molecular flexibility index (Phi) is 4.88. The number of imide groups is 1. The second kappa shape index (κ2) is 6.68. The monoisotopic (exact) mass is 321 g/mol. The molecule has 7 nitrogen and oxygen atoms in total. The number of aromatic hydroxyl groups is 2. The van der Waals surface area contributed by atoms with Gasteiger partial charge in [-0.2, -0.15) is 0 Å². The van der Waals surface area contributed by atoms with Crippen molar-refractivity contribution in [3.05, 3.63) is 23.8 Å². The third-order valence-electron chi connectivity index (χ3n) is 3.83. The fourth-order valence-corrected chi connectivity index (χ4v) is 2.64. The molecule has 124 valence electrons. The number of amides is 2. The zero-order valence-corrected chi connectivity index (χ0v) is 13.0. The molecule has 1 heterocycles. The van der Waals surface area contributed by atoms with Crippen LogP contribution >= 0.6 is 0 Å². The second-order valence-corrected chi connectivity index (χ2v) is 5.45. The van der Waals surface area contributed by atoms with Crippen molar-refractivity contribution in [2.45, 2.75) is 32.7 Å². The minimum atomic E-state index is -0.964. The van der Waals surface area contributed by atoms with Crippen molar-refractivity contribution in [3.63, 3.8) is 0 Å². The third kappa shape index (κ3) is 3.44. The summed E-state index contributed by atoms with van der Waals surface area (Å²) in [6, 6.07) is 3.11. The number of hydrogen-bond donors (Lipinski definition) is 2. The van der Waals surface area contributed by atoms with E-state index < -0.39 is 29.7 Å². The van der Waals surface area contributed by atoms with Crippen LogP contribution in [-0.2, 0) is 25.5 Å². The lowest BCUT2D eigenvalue weighted by Crippen LogP contribution is -2.44. The second-order valence-electron chi connectivity index (χ2n) is 5.45. The van der Waals surface area contributed by atoms with Gasteiger partial charge in [-0.3, -0.25) is 14.5 Å². The lowest BCUT2D eigenvalue weighted by atomic mass is 9.97. The largest absolute Gasteiger partial charge is 0.508 e. The molecule has 0 saturated carbocycles. The predicted molar refractivity (Wildman–Crippen MR) is 79.5 cm³/mol. The summed E-state index contributed by atoms with van der Waals surface area (Å²) in [6.07, 6.45) is 0.131. The minimum Gasteiger partial charge on any atom is -0.508 e. The summed E-state index contributed by atoms with van der Waals surface area (Å²) in [7, 11) is 0. The van der Waals surface area contributed by atoms with Crippen molar-refractivity contribution in [2.24, 2.45) is 5.92 Å². The predicted octanol–water partition coefficient (Wildman–Crippen LogP) is 0.967. The standard InChI is InChI=1S/C16H19NO6/c1-3-23-16(22)9(2)17-14(20)7-11(15(17)21)6-10-4-5-12(18)8-13(10)19/h4-5,8-9,11,18-19H,3,6-7H2,1-2H3. The van der Waals surface area contributed by atoms with E-state index in [4.69, 9.17) is 4.74 Å². The lowest BCUT2D eigenvalue weighted by Gasteiger charge is -2.21. The molecule has 1 fully saturated rings. The van der Waals surface area contributed by atoms with Crippen molar-refractivity contribution in [3.8, 4) is 11.5 Å². The van der Waals surface area contributed by atoms with E-state index in [1.807, 2.05) is 0 Å². The number of phenolic OH excluding ortho intramolecular Hbond substituents is 2. The molecule has 2 rings (SSSR count). The van der Waals surface area contributed by atoms with Gasteiger partial charge in [0.15, 0.2) is 0 Å². The zero-order valence-electron chi connectivity index (χ0n) is 13.0. The van der Waals surface area contributed by atoms with Gasteiger partial charge in [0, 0.05) is 12.5 Å². The molecule has 1 aromatic rings. The maximum atomic E-state index is 12.4. The van der Waals surface area contributed by atoms with Crippen LogP contribution in [0, 0.1) is 5.92 Å². The highest BCUT2D eigenvalue weighted by atomic mass is 16.5. The number of benzene rings is 1. The van der Waals surface area contributed by atoms with Gasteiger partial charge in [0.1, 0.15) is 17.5 Å². The Hall–Kier alpha value is -2.57. The number of carbonyl (C=O) groups excluding carboxylic acids is 3. The first-order valence-electron chi connectivity index (χ1n) is 7.38. The fraction of sp³-hybridized carbons (Fsp3) is 0.438. The van der Waals surface area contributed by atoms with Gasteiger partial charge in [-0.1, -0.05) is 6.07 Å². The van der Waals surface area contributed by atoms with Crippen LogP contribution in [0.25, 0.3) is 0 Å². The highest BCUT2D eigenvalue weighted by molar-refractivity contribution is 6.06. The number of esters is 1. The first-order chi connectivity index (χ1) is 10.8. The Balaban J connectivity index is 2.13. The van der Waals surface area contributed by atoms with Crippen LogP contribution in [-0.4, -0.2) is 45.5 Å². The molecule has 1 aliphatic rings. The Bertz CT molecular complexity index is 641. The molecular weight excluding hydrogens is 302 g/mol. The number of rotatable bonds is 5. The molecule has 23 heavy (non-hydrogen) atoms. The summed E-state index contributed by atoms with van der Waals surface area (Å²) in [5.41, 5.74) is 0.458. The molecular formula is C16H19NO6. The van der Waals surface area contributed by atoms with Crippen molar-refractivity contribution < 1.29 is 29.3 Å². The molecule has 7 heteroatoms. The average molecular weight is 321 g/mol. The number of likely N-dealkylation sites (tertiary alicyclic amines) is 1. The van der Waals surface area contributed by atoms with E-state index >= 15 is 0 Å². The summed E-state index contributed by atoms with van der Waals surface area (Å²) in [6.45, 7) is 3.27. The van der Waals surface area contributed by atoms with Crippen molar-refractivity contribution in [2.75, 3.05) is 6.61 Å². The van der Waals surface area contributed by atoms with E-state index in [2.05, 4.69) is 0 Å². The van der Waals surface area contributed by atoms with E-state index in [0.29, 0.717) is 5.56 Å². The molecule has 0 radical (unpaired) electrons. The average Bonchev–Trinajstić information content (AvgIpc) is 2.76. The summed E-state index contributed by atoms with van der Waals surface area (Å²) in [4.78, 5) is 37.2. The van der Waals surface area contributed by atoms with Crippen molar-refractivity contribution >= 4 is 17.8 Å². The van der Waals surface area contributed by atoms with Gasteiger partial charge in [0.25, 0.3) is 0 Å². The van der Waals surface area contributed by atoms with Crippen LogP contribution in [0.1, 0.15) is 25.8 Å². The molecule has 0 aliphatic carbocycles. The van der Waals surface area contributed by atoms with Gasteiger partial charge in [-0.25, -0.2) is 4.79 Å². The highest BCUT2D eigenvalue weighted by Crippen LogP contribution is 2.30. The molecule has 0 bridgehead atoms. The Morgan fingerprint density at radius 1 is 1.39 bits per heavy atom. The van der Waals surface area contributed by atoms with E-state index in [9.17, 15) is 24.6 Å². The quantitative estimate of drug-likeness (QED) is 0.618. The lowest BCUT2D eigenvalue weighted by molar-refractivity contribution is -0.157. The van der Waals surface area contributed by atoms with E-state index in [1.165, 1.54) is 25.1 Å². The van der Waals surface area contributed by atoms with Gasteiger partial charge in [-0.05, 0) is 31.9 Å². The van der Waals surface area contributed by atoms with E-state index in [1.54, 1.807) is 6.92 Å². The van der Waals surface area contributed by atoms with Crippen LogP contribution in [0.2, 0.25) is 0 Å². The first kappa shape index (κ1) is 16.8. The van der Waals surface area contributed by atoms with Gasteiger partial charge < -0.3 is 14.9 Å². The van der Waals surface area contributed by atoms with Gasteiger partial charge in [0.05, 0.1) is 12.5 Å². The highest BCUT2D eigenvalue weighted by Gasteiger charge is 2.43. The Labute approximate surface area is 133 Å². The van der Waals surface area contributed by atoms with Crippen LogP contribution in [0.4, 0.5) is 0 Å². The molecule has 0 spiro atoms. The molecule has 0 aromatic heterocycles. The maximum absolute atomic E-state index is 12.4. The molecule has 1 aliphatic heterocycles. The van der Waals surface area contributed by atoms with Crippen LogP contribution in [0.5, 0.6) is 11.5 Å².